The molecule has 38 heavy (non-hydrogen) atoms. The van der Waals surface area contributed by atoms with Gasteiger partial charge >= 0.3 is 5.97 Å². The molecule has 1 rings (SSSR count). The first kappa shape index (κ1) is 34.0. The van der Waals surface area contributed by atoms with E-state index in [4.69, 9.17) is 4.74 Å². The first-order valence-electron chi connectivity index (χ1n) is 15.7. The monoisotopic (exact) mass is 532 g/mol. The van der Waals surface area contributed by atoms with E-state index >= 15 is 0 Å². The number of carbonyl (C=O) groups excluding carboxylic acids is 2. The molecule has 0 aromatic rings. The van der Waals surface area contributed by atoms with Gasteiger partial charge in [-0.05, 0) is 13.3 Å². The zero-order valence-electron chi connectivity index (χ0n) is 24.7. The lowest BCUT2D eigenvalue weighted by Crippen LogP contribution is -2.40. The number of carboxylic acids is 1. The largest absolute Gasteiger partial charge is 0.544 e. The molecule has 0 fully saturated rings. The zero-order valence-corrected chi connectivity index (χ0v) is 24.7. The Morgan fingerprint density at radius 3 is 1.79 bits per heavy atom. The Bertz CT molecular complexity index is 710. The van der Waals surface area contributed by atoms with Crippen LogP contribution in [0.4, 0.5) is 0 Å². The highest BCUT2D eigenvalue weighted by atomic mass is 16.6. The molecule has 1 unspecified atom stereocenters. The molecule has 0 amide bonds. The predicted molar refractivity (Wildman–Crippen MR) is 154 cm³/mol. The quantitative estimate of drug-likeness (QED) is 0.0641. The lowest BCUT2D eigenvalue weighted by molar-refractivity contribution is -0.525. The second-order valence-electron chi connectivity index (χ2n) is 10.9. The maximum Gasteiger partial charge on any atom is 0.307 e. The fourth-order valence-electron chi connectivity index (χ4n) is 4.95. The molecular weight excluding hydrogens is 476 g/mol. The van der Waals surface area contributed by atoms with E-state index in [0.717, 1.165) is 12.8 Å². The minimum Gasteiger partial charge on any atom is -0.544 e. The van der Waals surface area contributed by atoms with E-state index in [9.17, 15) is 14.7 Å². The summed E-state index contributed by atoms with van der Waals surface area (Å²) in [4.78, 5) is 24.9. The van der Waals surface area contributed by atoms with Gasteiger partial charge < -0.3 is 14.6 Å². The summed E-state index contributed by atoms with van der Waals surface area (Å²) in [6, 6.07) is 3.01. The van der Waals surface area contributed by atoms with Crippen molar-refractivity contribution in [3.8, 4) is 12.0 Å². The molecule has 218 valence electrons. The van der Waals surface area contributed by atoms with Gasteiger partial charge in [0.1, 0.15) is 5.97 Å². The Hall–Kier alpha value is -2.03. The molecular formula is C32H56N2O4. The minimum absolute atomic E-state index is 0.150. The molecule has 0 saturated carbocycles. The van der Waals surface area contributed by atoms with E-state index in [0.29, 0.717) is 25.9 Å². The third-order valence-corrected chi connectivity index (χ3v) is 7.36. The van der Waals surface area contributed by atoms with Crippen LogP contribution in [-0.2, 0) is 14.3 Å². The van der Waals surface area contributed by atoms with Gasteiger partial charge in [0.15, 0.2) is 25.5 Å². The third kappa shape index (κ3) is 20.0. The van der Waals surface area contributed by atoms with E-state index in [1.807, 2.05) is 6.92 Å². The molecule has 0 spiro atoms. The van der Waals surface area contributed by atoms with Gasteiger partial charge in [-0.2, -0.15) is 0 Å². The highest BCUT2D eigenvalue weighted by Crippen LogP contribution is 2.15. The van der Waals surface area contributed by atoms with E-state index < -0.39 is 12.2 Å². The van der Waals surface area contributed by atoms with Gasteiger partial charge in [-0.1, -0.05) is 128 Å². The van der Waals surface area contributed by atoms with Crippen LogP contribution in [0, 0.1) is 12.0 Å². The molecule has 1 aliphatic rings. The SMILES string of the molecule is CCCCCCCCCCCCCCCCCCCCCC(=O)OC(C)N1C#CC/C=[N+](/CC(=O)[O-])CC1. The summed E-state index contributed by atoms with van der Waals surface area (Å²) in [6.45, 7) is 4.96. The highest BCUT2D eigenvalue weighted by molar-refractivity contribution is 5.69. The number of esters is 1. The van der Waals surface area contributed by atoms with Gasteiger partial charge in [-0.3, -0.25) is 9.69 Å². The van der Waals surface area contributed by atoms with Gasteiger partial charge in [-0.15, -0.1) is 0 Å². The standard InChI is InChI=1S/C32H56N2O4/c1-3-4-5-6-7-8-9-10-11-12-13-14-15-16-17-18-19-20-21-24-32(37)38-30(2)34-26-23-22-25-33(27-28-34)29-31(35)36/h25,30H,3-22,24,27-29H2,1-2H3/b33-25+. The summed E-state index contributed by atoms with van der Waals surface area (Å²) in [5.41, 5.74) is 0. The Labute approximate surface area is 233 Å². The maximum absolute atomic E-state index is 12.2. The topological polar surface area (TPSA) is 72.7 Å². The number of nitrogens with zero attached hydrogens (tertiary/aromatic N) is 2. The van der Waals surface area contributed by atoms with E-state index in [-0.39, 0.29) is 12.5 Å². The average molecular weight is 533 g/mol. The van der Waals surface area contributed by atoms with Crippen molar-refractivity contribution in [3.05, 3.63) is 0 Å². The van der Waals surface area contributed by atoms with Crippen LogP contribution in [0.15, 0.2) is 0 Å². The van der Waals surface area contributed by atoms with E-state index in [1.54, 1.807) is 15.7 Å². The van der Waals surface area contributed by atoms with Crippen molar-refractivity contribution in [2.45, 2.75) is 155 Å². The molecule has 0 N–H and O–H groups in total. The van der Waals surface area contributed by atoms with Crippen molar-refractivity contribution in [2.24, 2.45) is 0 Å². The van der Waals surface area contributed by atoms with Crippen LogP contribution in [0.1, 0.15) is 149 Å². The lowest BCUT2D eigenvalue weighted by Gasteiger charge is -2.25. The first-order chi connectivity index (χ1) is 18.5. The van der Waals surface area contributed by atoms with E-state index in [1.165, 1.54) is 109 Å². The van der Waals surface area contributed by atoms with Crippen LogP contribution < -0.4 is 5.11 Å². The Balaban J connectivity index is 1.91. The van der Waals surface area contributed by atoms with Crippen molar-refractivity contribution in [1.29, 1.82) is 0 Å². The average Bonchev–Trinajstić information content (AvgIpc) is 2.87. The molecule has 6 nitrogen and oxygen atoms in total. The van der Waals surface area contributed by atoms with Crippen molar-refractivity contribution < 1.29 is 24.0 Å². The summed E-state index contributed by atoms with van der Waals surface area (Å²) in [6.07, 6.45) is 27.6. The van der Waals surface area contributed by atoms with Crippen LogP contribution in [0.2, 0.25) is 0 Å². The van der Waals surface area contributed by atoms with Gasteiger partial charge in [0.25, 0.3) is 0 Å². The fraction of sp³-hybridized carbons (Fsp3) is 0.844. The number of hydrogen-bond donors (Lipinski definition) is 0. The molecule has 0 aromatic carbocycles. The number of unbranched alkanes of at least 4 members (excludes halogenated alkanes) is 18. The number of hydrogen-bond acceptors (Lipinski definition) is 5. The third-order valence-electron chi connectivity index (χ3n) is 7.36. The molecule has 0 radical (unpaired) electrons. The fourth-order valence-corrected chi connectivity index (χ4v) is 4.95. The van der Waals surface area contributed by atoms with Gasteiger partial charge in [0.2, 0.25) is 0 Å². The molecule has 0 aromatic heterocycles. The molecule has 1 aliphatic heterocycles. The molecule has 1 atom stereocenters. The summed E-state index contributed by atoms with van der Waals surface area (Å²) in [5, 5.41) is 10.8. The maximum atomic E-state index is 12.2. The molecule has 1 heterocycles. The number of carbonyl (C=O) groups is 2. The first-order valence-corrected chi connectivity index (χ1v) is 15.7. The Morgan fingerprint density at radius 2 is 1.32 bits per heavy atom. The summed E-state index contributed by atoms with van der Waals surface area (Å²) >= 11 is 0. The van der Waals surface area contributed by atoms with Crippen molar-refractivity contribution >= 4 is 18.2 Å². The van der Waals surface area contributed by atoms with Crippen LogP contribution in [0.3, 0.4) is 0 Å². The number of rotatable bonds is 24. The van der Waals surface area contributed by atoms with Crippen LogP contribution in [0.25, 0.3) is 0 Å². The highest BCUT2D eigenvalue weighted by Gasteiger charge is 2.18. The van der Waals surface area contributed by atoms with Gasteiger partial charge in [-0.25, -0.2) is 4.58 Å². The molecule has 6 heteroatoms. The van der Waals surface area contributed by atoms with E-state index in [2.05, 4.69) is 18.9 Å². The van der Waals surface area contributed by atoms with Crippen molar-refractivity contribution in [1.82, 2.24) is 4.90 Å². The van der Waals surface area contributed by atoms with Gasteiger partial charge in [0.05, 0.1) is 13.0 Å². The lowest BCUT2D eigenvalue weighted by atomic mass is 10.0. The predicted octanol–water partition coefficient (Wildman–Crippen LogP) is 6.20. The van der Waals surface area contributed by atoms with Crippen molar-refractivity contribution in [2.75, 3.05) is 19.6 Å². The number of carboxylic acid groups (broad SMARTS) is 1. The normalized spacial score (nSPS) is 15.5. The smallest absolute Gasteiger partial charge is 0.307 e. The number of aliphatic carboxylic acids is 1. The minimum atomic E-state index is -1.11. The zero-order chi connectivity index (χ0) is 27.7. The Kier molecular flexibility index (Phi) is 21.5. The van der Waals surface area contributed by atoms with Crippen LogP contribution in [-0.4, -0.2) is 53.5 Å². The number of ether oxygens (including phenoxy) is 1. The second-order valence-corrected chi connectivity index (χ2v) is 10.9. The van der Waals surface area contributed by atoms with Crippen molar-refractivity contribution in [3.63, 3.8) is 0 Å². The summed E-state index contributed by atoms with van der Waals surface area (Å²) in [5.74, 6) is 1.68. The van der Waals surface area contributed by atoms with Gasteiger partial charge in [0, 0.05) is 12.5 Å². The van der Waals surface area contributed by atoms with Crippen LogP contribution in [0.5, 0.6) is 0 Å². The molecule has 0 saturated heterocycles. The van der Waals surface area contributed by atoms with Crippen LogP contribution >= 0.6 is 0 Å². The Morgan fingerprint density at radius 1 is 0.842 bits per heavy atom. The molecule has 0 bridgehead atoms. The second kappa shape index (κ2) is 24.0. The molecule has 0 aliphatic carbocycles. The summed E-state index contributed by atoms with van der Waals surface area (Å²) < 4.78 is 7.25. The summed E-state index contributed by atoms with van der Waals surface area (Å²) in [7, 11) is 0.